The van der Waals surface area contributed by atoms with Gasteiger partial charge in [0, 0.05) is 49.1 Å². The Morgan fingerprint density at radius 3 is 2.33 bits per heavy atom. The van der Waals surface area contributed by atoms with Crippen LogP contribution in [-0.4, -0.2) is 125 Å². The number of rotatable bonds is 10. The second-order valence-electron chi connectivity index (χ2n) is 16.6. The van der Waals surface area contributed by atoms with E-state index in [9.17, 15) is 24.9 Å². The molecule has 1 aromatic heterocycles. The van der Waals surface area contributed by atoms with Crippen LogP contribution in [0.3, 0.4) is 0 Å². The number of pyridine rings is 1. The summed E-state index contributed by atoms with van der Waals surface area (Å²) in [5, 5.41) is 36.5. The molecule has 3 heterocycles. The molecule has 0 amide bonds. The molecule has 0 radical (unpaired) electrons. The number of Topliss-reactive ketones (excluding diaryl/α,β-unsaturated/α-hetero) is 1. The Labute approximate surface area is 321 Å². The van der Waals surface area contributed by atoms with Crippen molar-refractivity contribution >= 4 is 22.7 Å². The number of esters is 1. The molecule has 0 spiro atoms. The van der Waals surface area contributed by atoms with Crippen LogP contribution in [0.15, 0.2) is 36.5 Å². The highest BCUT2D eigenvalue weighted by molar-refractivity contribution is 5.83. The molecule has 54 heavy (non-hydrogen) atoms. The lowest BCUT2D eigenvalue weighted by Gasteiger charge is -2.48. The number of para-hydroxylation sites is 1. The Kier molecular flexibility index (Phi) is 15.2. The number of nitrogens with zero attached hydrogens (tertiary/aromatic N) is 2. The summed E-state index contributed by atoms with van der Waals surface area (Å²) in [5.74, 6) is -4.08. The SMILES string of the molecule is CC[C@@H]1OC(=O)[C@H](C)[C@@H](O)[C@H](C)[C@@H](OC2O[C@H](C)C[C@H](N(C)C)[C@H]2O)[C@@](C)(OC)C[C@@H](C)C(=O)[C@@H](C)[C@@H](OCCCc2cnc3ccccc3c2)[C@]1(C)O. The van der Waals surface area contributed by atoms with Crippen molar-refractivity contribution in [1.29, 1.82) is 0 Å². The minimum absolute atomic E-state index is 0.170. The van der Waals surface area contributed by atoms with Crippen LogP contribution in [0.2, 0.25) is 0 Å². The maximum atomic E-state index is 14.4. The zero-order valence-electron chi connectivity index (χ0n) is 34.2. The molecule has 12 heteroatoms. The first kappa shape index (κ1) is 44.2. The first-order valence-corrected chi connectivity index (χ1v) is 19.7. The highest BCUT2D eigenvalue weighted by atomic mass is 16.7. The summed E-state index contributed by atoms with van der Waals surface area (Å²) in [6, 6.07) is 9.77. The number of carbonyl (C=O) groups excluding carboxylic acids is 2. The molecule has 0 saturated carbocycles. The number of methoxy groups -OCH3 is 1. The fraction of sp³-hybridized carbons (Fsp3) is 0.738. The summed E-state index contributed by atoms with van der Waals surface area (Å²) in [6.45, 7) is 14.2. The van der Waals surface area contributed by atoms with Crippen molar-refractivity contribution in [2.24, 2.45) is 23.7 Å². The molecule has 1 aromatic carbocycles. The van der Waals surface area contributed by atoms with Crippen LogP contribution < -0.4 is 0 Å². The van der Waals surface area contributed by atoms with Gasteiger partial charge in [0.1, 0.15) is 23.6 Å². The number of aryl methyl sites for hydroxylation is 1. The lowest BCUT2D eigenvalue weighted by Crippen LogP contribution is -2.60. The zero-order valence-corrected chi connectivity index (χ0v) is 34.2. The van der Waals surface area contributed by atoms with Crippen molar-refractivity contribution in [2.45, 2.75) is 148 Å². The molecule has 4 rings (SSSR count). The van der Waals surface area contributed by atoms with E-state index in [0.717, 1.165) is 16.5 Å². The smallest absolute Gasteiger partial charge is 0.311 e. The van der Waals surface area contributed by atoms with Crippen LogP contribution in [0.5, 0.6) is 0 Å². The number of likely N-dealkylation sites (N-methyl/N-ethyl adjacent to an activating group) is 1. The average Bonchev–Trinajstić information content (AvgIpc) is 3.14. The Morgan fingerprint density at radius 1 is 1.00 bits per heavy atom. The number of aliphatic hydroxyl groups excluding tert-OH is 2. The molecular formula is C42H66N2O10. The van der Waals surface area contributed by atoms with Gasteiger partial charge in [0.2, 0.25) is 0 Å². The lowest BCUT2D eigenvalue weighted by atomic mass is 9.74. The molecule has 2 fully saturated rings. The van der Waals surface area contributed by atoms with Gasteiger partial charge < -0.3 is 43.9 Å². The molecule has 12 nitrogen and oxygen atoms in total. The van der Waals surface area contributed by atoms with Crippen LogP contribution in [0, 0.1) is 23.7 Å². The zero-order chi connectivity index (χ0) is 40.1. The number of hydrogen-bond acceptors (Lipinski definition) is 12. The molecule has 0 aliphatic carbocycles. The van der Waals surface area contributed by atoms with Gasteiger partial charge in [-0.05, 0) is 91.6 Å². The van der Waals surface area contributed by atoms with E-state index in [0.29, 0.717) is 19.3 Å². The third kappa shape index (κ3) is 9.87. The van der Waals surface area contributed by atoms with Gasteiger partial charge in [0.15, 0.2) is 6.29 Å². The van der Waals surface area contributed by atoms with E-state index in [1.165, 1.54) is 7.11 Å². The van der Waals surface area contributed by atoms with Crippen molar-refractivity contribution in [2.75, 3.05) is 27.8 Å². The monoisotopic (exact) mass is 758 g/mol. The maximum absolute atomic E-state index is 14.4. The van der Waals surface area contributed by atoms with Crippen molar-refractivity contribution in [3.05, 3.63) is 42.1 Å². The Balaban J connectivity index is 1.65. The number of ether oxygens (including phenoxy) is 5. The summed E-state index contributed by atoms with van der Waals surface area (Å²) in [5.41, 5.74) is -0.988. The van der Waals surface area contributed by atoms with Gasteiger partial charge in [0.05, 0.1) is 41.5 Å². The molecule has 3 N–H and O–H groups in total. The molecule has 1 unspecified atom stereocenters. The van der Waals surface area contributed by atoms with Crippen molar-refractivity contribution < 1.29 is 48.6 Å². The number of carbonyl (C=O) groups is 2. The Morgan fingerprint density at radius 2 is 1.69 bits per heavy atom. The van der Waals surface area contributed by atoms with Gasteiger partial charge in [-0.2, -0.15) is 0 Å². The second kappa shape index (κ2) is 18.6. The van der Waals surface area contributed by atoms with Gasteiger partial charge in [-0.15, -0.1) is 0 Å². The summed E-state index contributed by atoms with van der Waals surface area (Å²) in [6.07, 6.45) is -2.46. The number of fused-ring (bicyclic) bond motifs is 1. The number of aliphatic hydroxyl groups is 3. The van der Waals surface area contributed by atoms with E-state index < -0.39 is 77.7 Å². The minimum Gasteiger partial charge on any atom is -0.459 e. The molecule has 2 saturated heterocycles. The summed E-state index contributed by atoms with van der Waals surface area (Å²) in [7, 11) is 5.30. The van der Waals surface area contributed by atoms with Crippen molar-refractivity contribution in [1.82, 2.24) is 9.88 Å². The van der Waals surface area contributed by atoms with Gasteiger partial charge in [-0.3, -0.25) is 14.6 Å². The van der Waals surface area contributed by atoms with Crippen LogP contribution >= 0.6 is 0 Å². The van der Waals surface area contributed by atoms with Crippen LogP contribution in [-0.2, 0) is 39.7 Å². The van der Waals surface area contributed by atoms with E-state index in [2.05, 4.69) is 11.1 Å². The molecule has 2 aliphatic heterocycles. The molecule has 304 valence electrons. The molecule has 0 bridgehead atoms. The Bertz CT molecular complexity index is 1540. The van der Waals surface area contributed by atoms with Crippen LogP contribution in [0.4, 0.5) is 0 Å². The third-order valence-electron chi connectivity index (χ3n) is 12.0. The maximum Gasteiger partial charge on any atom is 0.311 e. The number of benzene rings is 1. The highest BCUT2D eigenvalue weighted by Gasteiger charge is 2.52. The quantitative estimate of drug-likeness (QED) is 0.227. The fourth-order valence-electron chi connectivity index (χ4n) is 8.63. The standard InChI is InChI=1S/C42H66N2O10/c1-12-33-42(8,49)38(51-19-15-16-29-21-30-17-13-14-18-31(30)43-23-29)26(4)34(45)24(2)22-41(7,50-11)37(27(5)35(46)28(6)39(48)53-33)54-40-36(47)32(44(9)10)20-25(3)52-40/h13-14,17-18,21,23-28,32-33,35-38,40,46-47,49H,12,15-16,19-20,22H2,1-11H3/t24-,25-,26-,27+,28-,32+,33+,35+,36-,37-,38-,40?,41+,42-/m1/s1. The Hall–Kier alpha value is -2.55. The average molecular weight is 759 g/mol. The topological polar surface area (TPSA) is 157 Å². The predicted molar refractivity (Wildman–Crippen MR) is 206 cm³/mol. The molecule has 2 aromatic rings. The summed E-state index contributed by atoms with van der Waals surface area (Å²) in [4.78, 5) is 34.7. The van der Waals surface area contributed by atoms with Crippen molar-refractivity contribution in [3.63, 3.8) is 0 Å². The number of aromatic nitrogens is 1. The van der Waals surface area contributed by atoms with Crippen LogP contribution in [0.25, 0.3) is 10.9 Å². The summed E-state index contributed by atoms with van der Waals surface area (Å²) < 4.78 is 31.4. The molecule has 14 atom stereocenters. The van der Waals surface area contributed by atoms with Gasteiger partial charge in [-0.1, -0.05) is 45.9 Å². The predicted octanol–water partition coefficient (Wildman–Crippen LogP) is 4.72. The first-order valence-electron chi connectivity index (χ1n) is 19.7. The lowest BCUT2D eigenvalue weighted by molar-refractivity contribution is -0.301. The highest BCUT2D eigenvalue weighted by Crippen LogP contribution is 2.39. The third-order valence-corrected chi connectivity index (χ3v) is 12.0. The van der Waals surface area contributed by atoms with E-state index in [4.69, 9.17) is 23.7 Å². The van der Waals surface area contributed by atoms with Crippen LogP contribution in [0.1, 0.15) is 86.6 Å². The van der Waals surface area contributed by atoms with Gasteiger partial charge in [-0.25, -0.2) is 0 Å². The number of cyclic esters (lactones) is 1. The number of ketones is 1. The number of hydrogen-bond donors (Lipinski definition) is 3. The largest absolute Gasteiger partial charge is 0.459 e. The van der Waals surface area contributed by atoms with Crippen molar-refractivity contribution in [3.8, 4) is 0 Å². The normalized spacial score (nSPS) is 39.0. The summed E-state index contributed by atoms with van der Waals surface area (Å²) >= 11 is 0. The first-order chi connectivity index (χ1) is 25.4. The molecular weight excluding hydrogens is 692 g/mol. The molecule has 2 aliphatic rings. The minimum atomic E-state index is -1.76. The van der Waals surface area contributed by atoms with E-state index in [1.807, 2.05) is 70.2 Å². The van der Waals surface area contributed by atoms with E-state index in [1.54, 1.807) is 34.6 Å². The second-order valence-corrected chi connectivity index (χ2v) is 16.6. The van der Waals surface area contributed by atoms with E-state index in [-0.39, 0.29) is 37.4 Å². The van der Waals surface area contributed by atoms with Gasteiger partial charge in [0.25, 0.3) is 0 Å². The van der Waals surface area contributed by atoms with E-state index >= 15 is 0 Å². The van der Waals surface area contributed by atoms with Gasteiger partial charge >= 0.3 is 5.97 Å². The fourth-order valence-corrected chi connectivity index (χ4v) is 8.63.